The normalized spacial score (nSPS) is 11.4. The zero-order valence-corrected chi connectivity index (χ0v) is 8.15. The average molecular weight is 197 g/mol. The number of imidazole rings is 1. The van der Waals surface area contributed by atoms with Crippen LogP contribution in [0.5, 0.6) is 0 Å². The van der Waals surface area contributed by atoms with Gasteiger partial charge in [-0.25, -0.2) is 9.97 Å². The van der Waals surface area contributed by atoms with Gasteiger partial charge in [-0.1, -0.05) is 0 Å². The molecule has 0 aliphatic heterocycles. The Morgan fingerprint density at radius 1 is 1.38 bits per heavy atom. The van der Waals surface area contributed by atoms with E-state index in [2.05, 4.69) is 28.8 Å². The van der Waals surface area contributed by atoms with Crippen LogP contribution in [0.25, 0.3) is 11.2 Å². The molecule has 0 N–H and O–H groups in total. The summed E-state index contributed by atoms with van der Waals surface area (Å²) in [4.78, 5) is 12.1. The van der Waals surface area contributed by atoms with Crippen LogP contribution in [0.1, 0.15) is 19.9 Å². The van der Waals surface area contributed by atoms with E-state index in [9.17, 15) is 0 Å². The Labute approximate surface area is 80.6 Å². The highest BCUT2D eigenvalue weighted by Crippen LogP contribution is 2.15. The Morgan fingerprint density at radius 3 is 2.85 bits per heavy atom. The van der Waals surface area contributed by atoms with E-state index < -0.39 is 0 Å². The van der Waals surface area contributed by atoms with Crippen molar-refractivity contribution >= 4 is 22.8 Å². The van der Waals surface area contributed by atoms with Crippen LogP contribution in [0.15, 0.2) is 12.5 Å². The molecule has 0 bridgehead atoms. The molecule has 2 rings (SSSR count). The first-order valence-corrected chi connectivity index (χ1v) is 4.41. The summed E-state index contributed by atoms with van der Waals surface area (Å²) in [5, 5.41) is 0.259. The van der Waals surface area contributed by atoms with Crippen molar-refractivity contribution in [3.63, 3.8) is 0 Å². The fourth-order valence-electron chi connectivity index (χ4n) is 1.18. The zero-order chi connectivity index (χ0) is 9.42. The standard InChI is InChI=1S/C8H9ClN4/c1-5(2)13-4-11-6-3-10-8(9)12-7(6)13/h3-5H,1-2H3. The maximum absolute atomic E-state index is 5.69. The van der Waals surface area contributed by atoms with Crippen LogP contribution >= 0.6 is 11.6 Å². The highest BCUT2D eigenvalue weighted by atomic mass is 35.5. The minimum Gasteiger partial charge on any atom is -0.313 e. The number of nitrogens with zero attached hydrogens (tertiary/aromatic N) is 4. The second-order valence-electron chi connectivity index (χ2n) is 3.09. The largest absolute Gasteiger partial charge is 0.313 e. The second kappa shape index (κ2) is 2.96. The van der Waals surface area contributed by atoms with Crippen LogP contribution in [0, 0.1) is 0 Å². The number of fused-ring (bicyclic) bond motifs is 1. The van der Waals surface area contributed by atoms with Gasteiger partial charge in [-0.05, 0) is 25.4 Å². The monoisotopic (exact) mass is 196 g/mol. The molecule has 0 saturated heterocycles. The van der Waals surface area contributed by atoms with Crippen molar-refractivity contribution in [3.05, 3.63) is 17.8 Å². The highest BCUT2D eigenvalue weighted by molar-refractivity contribution is 6.28. The third kappa shape index (κ3) is 1.37. The third-order valence-corrected chi connectivity index (χ3v) is 2.02. The van der Waals surface area contributed by atoms with Crippen LogP contribution in [-0.4, -0.2) is 19.5 Å². The fraction of sp³-hybridized carbons (Fsp3) is 0.375. The summed E-state index contributed by atoms with van der Waals surface area (Å²) in [5.41, 5.74) is 1.56. The first-order chi connectivity index (χ1) is 6.18. The molecule has 0 fully saturated rings. The van der Waals surface area contributed by atoms with Crippen molar-refractivity contribution in [1.82, 2.24) is 19.5 Å². The molecule has 0 unspecified atom stereocenters. The molecule has 5 heteroatoms. The zero-order valence-electron chi connectivity index (χ0n) is 7.40. The van der Waals surface area contributed by atoms with E-state index in [1.807, 2.05) is 4.57 Å². The van der Waals surface area contributed by atoms with E-state index in [1.54, 1.807) is 12.5 Å². The van der Waals surface area contributed by atoms with E-state index in [-0.39, 0.29) is 5.28 Å². The minimum absolute atomic E-state index is 0.259. The maximum atomic E-state index is 5.69. The molecule has 0 atom stereocenters. The van der Waals surface area contributed by atoms with Crippen LogP contribution in [0.2, 0.25) is 5.28 Å². The molecule has 0 spiro atoms. The summed E-state index contributed by atoms with van der Waals surface area (Å²) < 4.78 is 1.96. The molecule has 2 aromatic heterocycles. The molecular weight excluding hydrogens is 188 g/mol. The second-order valence-corrected chi connectivity index (χ2v) is 3.43. The summed E-state index contributed by atoms with van der Waals surface area (Å²) in [5.74, 6) is 0. The molecule has 0 amide bonds. The molecule has 4 nitrogen and oxygen atoms in total. The van der Waals surface area contributed by atoms with Crippen molar-refractivity contribution in [2.75, 3.05) is 0 Å². The Bertz CT molecular complexity index is 435. The predicted octanol–water partition coefficient (Wildman–Crippen LogP) is 2.06. The Balaban J connectivity index is 2.71. The Hall–Kier alpha value is -1.16. The van der Waals surface area contributed by atoms with Crippen molar-refractivity contribution in [2.45, 2.75) is 19.9 Å². The highest BCUT2D eigenvalue weighted by Gasteiger charge is 2.07. The van der Waals surface area contributed by atoms with E-state index in [4.69, 9.17) is 11.6 Å². The minimum atomic E-state index is 0.259. The van der Waals surface area contributed by atoms with Crippen LogP contribution in [0.3, 0.4) is 0 Å². The summed E-state index contributed by atoms with van der Waals surface area (Å²) in [7, 11) is 0. The maximum Gasteiger partial charge on any atom is 0.224 e. The van der Waals surface area contributed by atoms with Gasteiger partial charge in [-0.3, -0.25) is 0 Å². The topological polar surface area (TPSA) is 43.6 Å². The molecule has 0 saturated carbocycles. The van der Waals surface area contributed by atoms with Gasteiger partial charge in [0, 0.05) is 6.04 Å². The van der Waals surface area contributed by atoms with Crippen LogP contribution in [0.4, 0.5) is 0 Å². The lowest BCUT2D eigenvalue weighted by molar-refractivity contribution is 0.612. The first-order valence-electron chi connectivity index (χ1n) is 4.03. The van der Waals surface area contributed by atoms with E-state index in [0.29, 0.717) is 6.04 Å². The molecule has 0 aliphatic rings. The van der Waals surface area contributed by atoms with Crippen molar-refractivity contribution < 1.29 is 0 Å². The number of halogens is 1. The first kappa shape index (κ1) is 8.44. The molecule has 0 aromatic carbocycles. The molecule has 0 aliphatic carbocycles. The van der Waals surface area contributed by atoms with Gasteiger partial charge in [0.1, 0.15) is 5.52 Å². The fourth-order valence-corrected chi connectivity index (χ4v) is 1.31. The lowest BCUT2D eigenvalue weighted by Crippen LogP contribution is -1.99. The average Bonchev–Trinajstić information content (AvgIpc) is 2.46. The summed E-state index contributed by atoms with van der Waals surface area (Å²) >= 11 is 5.69. The van der Waals surface area contributed by atoms with Gasteiger partial charge in [0.15, 0.2) is 5.65 Å². The third-order valence-electron chi connectivity index (χ3n) is 1.84. The van der Waals surface area contributed by atoms with E-state index in [0.717, 1.165) is 11.2 Å². The SMILES string of the molecule is CC(C)n1cnc2cnc(Cl)nc21. The predicted molar refractivity (Wildman–Crippen MR) is 50.7 cm³/mol. The quantitative estimate of drug-likeness (QED) is 0.656. The van der Waals surface area contributed by atoms with Gasteiger partial charge in [-0.2, -0.15) is 4.98 Å². The summed E-state index contributed by atoms with van der Waals surface area (Å²) in [6.07, 6.45) is 3.38. The van der Waals surface area contributed by atoms with Gasteiger partial charge >= 0.3 is 0 Å². The molecular formula is C8H9ClN4. The molecule has 13 heavy (non-hydrogen) atoms. The van der Waals surface area contributed by atoms with E-state index >= 15 is 0 Å². The van der Waals surface area contributed by atoms with Gasteiger partial charge in [0.2, 0.25) is 5.28 Å². The van der Waals surface area contributed by atoms with E-state index in [1.165, 1.54) is 0 Å². The molecule has 2 heterocycles. The smallest absolute Gasteiger partial charge is 0.224 e. The lowest BCUT2D eigenvalue weighted by atomic mass is 10.4. The summed E-state index contributed by atoms with van der Waals surface area (Å²) in [6.45, 7) is 4.13. The molecule has 0 radical (unpaired) electrons. The van der Waals surface area contributed by atoms with Gasteiger partial charge in [0.25, 0.3) is 0 Å². The van der Waals surface area contributed by atoms with Crippen molar-refractivity contribution in [1.29, 1.82) is 0 Å². The van der Waals surface area contributed by atoms with Crippen molar-refractivity contribution in [3.8, 4) is 0 Å². The number of hydrogen-bond acceptors (Lipinski definition) is 3. The van der Waals surface area contributed by atoms with Crippen molar-refractivity contribution in [2.24, 2.45) is 0 Å². The lowest BCUT2D eigenvalue weighted by Gasteiger charge is -2.05. The van der Waals surface area contributed by atoms with Gasteiger partial charge < -0.3 is 4.57 Å². The molecule has 68 valence electrons. The number of aromatic nitrogens is 4. The van der Waals surface area contributed by atoms with Gasteiger partial charge in [-0.15, -0.1) is 0 Å². The molecule has 2 aromatic rings. The van der Waals surface area contributed by atoms with Crippen LogP contribution < -0.4 is 0 Å². The van der Waals surface area contributed by atoms with Gasteiger partial charge in [0.05, 0.1) is 12.5 Å². The summed E-state index contributed by atoms with van der Waals surface area (Å²) in [6, 6.07) is 0.330. The number of hydrogen-bond donors (Lipinski definition) is 0. The number of rotatable bonds is 1. The van der Waals surface area contributed by atoms with Crippen LogP contribution in [-0.2, 0) is 0 Å². The Morgan fingerprint density at radius 2 is 2.15 bits per heavy atom. The Kier molecular flexibility index (Phi) is 1.92.